The number of rotatable bonds is 12. The highest BCUT2D eigenvalue weighted by Gasteiger charge is 2.06. The van der Waals surface area contributed by atoms with E-state index in [1.807, 2.05) is 36.4 Å². The quantitative estimate of drug-likeness (QED) is 0.267. The van der Waals surface area contributed by atoms with E-state index >= 15 is 0 Å². The van der Waals surface area contributed by atoms with Gasteiger partial charge in [0.05, 0.1) is 24.2 Å². The molecule has 0 saturated heterocycles. The van der Waals surface area contributed by atoms with Crippen LogP contribution in [0.25, 0.3) is 11.0 Å². The molecule has 1 heterocycles. The van der Waals surface area contributed by atoms with Gasteiger partial charge in [0, 0.05) is 6.61 Å². The molecule has 0 aliphatic carbocycles. The van der Waals surface area contributed by atoms with Crippen molar-refractivity contribution in [2.45, 2.75) is 51.6 Å². The molecule has 0 fully saturated rings. The SMILES string of the molecule is CC(OCCCCCCCCOc1cc(=O)oc2ccccc12)c1ccccc1. The highest BCUT2D eigenvalue weighted by atomic mass is 16.5. The zero-order valence-corrected chi connectivity index (χ0v) is 17.1. The smallest absolute Gasteiger partial charge is 0.339 e. The second-order valence-corrected chi connectivity index (χ2v) is 7.32. The summed E-state index contributed by atoms with van der Waals surface area (Å²) in [4.78, 5) is 11.6. The Bertz CT molecular complexity index is 917. The van der Waals surface area contributed by atoms with Crippen molar-refractivity contribution in [1.82, 2.24) is 0 Å². The number of para-hydroxylation sites is 1. The summed E-state index contributed by atoms with van der Waals surface area (Å²) in [5, 5.41) is 0.844. The number of fused-ring (bicyclic) bond motifs is 1. The van der Waals surface area contributed by atoms with E-state index in [4.69, 9.17) is 13.9 Å². The molecule has 4 nitrogen and oxygen atoms in total. The topological polar surface area (TPSA) is 48.7 Å². The van der Waals surface area contributed by atoms with Crippen molar-refractivity contribution in [1.29, 1.82) is 0 Å². The fourth-order valence-electron chi connectivity index (χ4n) is 3.37. The van der Waals surface area contributed by atoms with Crippen LogP contribution in [0.2, 0.25) is 0 Å². The molecule has 0 saturated carbocycles. The number of unbranched alkanes of at least 4 members (excludes halogenated alkanes) is 5. The van der Waals surface area contributed by atoms with E-state index in [-0.39, 0.29) is 11.7 Å². The van der Waals surface area contributed by atoms with Crippen LogP contribution in [0, 0.1) is 0 Å². The number of hydrogen-bond acceptors (Lipinski definition) is 4. The minimum atomic E-state index is -0.373. The van der Waals surface area contributed by atoms with Gasteiger partial charge in [0.2, 0.25) is 0 Å². The summed E-state index contributed by atoms with van der Waals surface area (Å²) in [6.45, 7) is 3.53. The Morgan fingerprint density at radius 3 is 2.28 bits per heavy atom. The van der Waals surface area contributed by atoms with Crippen LogP contribution >= 0.6 is 0 Å². The van der Waals surface area contributed by atoms with Crippen LogP contribution in [0.1, 0.15) is 57.1 Å². The van der Waals surface area contributed by atoms with E-state index in [9.17, 15) is 4.79 Å². The molecule has 1 unspecified atom stereocenters. The summed E-state index contributed by atoms with van der Waals surface area (Å²) >= 11 is 0. The Kier molecular flexibility index (Phi) is 8.32. The Morgan fingerprint density at radius 1 is 0.828 bits per heavy atom. The first-order chi connectivity index (χ1) is 14.2. The van der Waals surface area contributed by atoms with Crippen molar-refractivity contribution in [3.63, 3.8) is 0 Å². The van der Waals surface area contributed by atoms with Gasteiger partial charge in [-0.15, -0.1) is 0 Å². The number of benzene rings is 2. The lowest BCUT2D eigenvalue weighted by Gasteiger charge is -2.13. The molecule has 0 bridgehead atoms. The maximum absolute atomic E-state index is 11.6. The highest BCUT2D eigenvalue weighted by Crippen LogP contribution is 2.23. The molecule has 1 aromatic heterocycles. The summed E-state index contributed by atoms with van der Waals surface area (Å²) in [6, 6.07) is 19.2. The molecule has 0 N–H and O–H groups in total. The van der Waals surface area contributed by atoms with E-state index in [0.29, 0.717) is 17.9 Å². The monoisotopic (exact) mass is 394 g/mol. The van der Waals surface area contributed by atoms with Gasteiger partial charge < -0.3 is 13.9 Å². The molecule has 0 aliphatic heterocycles. The minimum absolute atomic E-state index is 0.157. The van der Waals surface area contributed by atoms with Crippen LogP contribution in [-0.4, -0.2) is 13.2 Å². The Labute approximate surface area is 172 Å². The first-order valence-corrected chi connectivity index (χ1v) is 10.6. The standard InChI is InChI=1S/C25H30O4/c1-20(21-13-7-6-8-14-21)27-17-11-4-2-3-5-12-18-28-24-19-25(26)29-23-16-10-9-15-22(23)24/h6-10,13-16,19-20H,2-5,11-12,17-18H2,1H3. The van der Waals surface area contributed by atoms with E-state index < -0.39 is 0 Å². The molecule has 0 amide bonds. The maximum atomic E-state index is 11.6. The number of hydrogen-bond donors (Lipinski definition) is 0. The van der Waals surface area contributed by atoms with E-state index in [0.717, 1.165) is 31.3 Å². The number of ether oxygens (including phenoxy) is 2. The Morgan fingerprint density at radius 2 is 1.48 bits per heavy atom. The van der Waals surface area contributed by atoms with Crippen molar-refractivity contribution >= 4 is 11.0 Å². The predicted octanol–water partition coefficient (Wildman–Crippen LogP) is 6.29. The molecule has 0 radical (unpaired) electrons. The van der Waals surface area contributed by atoms with Gasteiger partial charge in [-0.3, -0.25) is 0 Å². The zero-order chi connectivity index (χ0) is 20.3. The summed E-state index contributed by atoms with van der Waals surface area (Å²) < 4.78 is 16.9. The van der Waals surface area contributed by atoms with Gasteiger partial charge in [-0.1, -0.05) is 68.1 Å². The second kappa shape index (κ2) is 11.4. The predicted molar refractivity (Wildman–Crippen MR) is 116 cm³/mol. The molecule has 154 valence electrons. The van der Waals surface area contributed by atoms with Gasteiger partial charge in [-0.2, -0.15) is 0 Å². The Hall–Kier alpha value is -2.59. The lowest BCUT2D eigenvalue weighted by atomic mass is 10.1. The lowest BCUT2D eigenvalue weighted by molar-refractivity contribution is 0.0627. The average Bonchev–Trinajstić information content (AvgIpc) is 2.75. The fourth-order valence-corrected chi connectivity index (χ4v) is 3.37. The molecule has 2 aromatic carbocycles. The van der Waals surface area contributed by atoms with Crippen molar-refractivity contribution < 1.29 is 13.9 Å². The third kappa shape index (κ3) is 6.75. The van der Waals surface area contributed by atoms with Gasteiger partial charge >= 0.3 is 5.63 Å². The third-order valence-electron chi connectivity index (χ3n) is 5.05. The molecular formula is C25H30O4. The minimum Gasteiger partial charge on any atom is -0.493 e. The van der Waals surface area contributed by atoms with Gasteiger partial charge in [-0.05, 0) is 37.5 Å². The van der Waals surface area contributed by atoms with Crippen LogP contribution in [0.4, 0.5) is 0 Å². The second-order valence-electron chi connectivity index (χ2n) is 7.32. The average molecular weight is 395 g/mol. The van der Waals surface area contributed by atoms with Crippen molar-refractivity contribution in [3.05, 3.63) is 76.6 Å². The largest absolute Gasteiger partial charge is 0.493 e. The van der Waals surface area contributed by atoms with Crippen LogP contribution in [-0.2, 0) is 4.74 Å². The van der Waals surface area contributed by atoms with Crippen molar-refractivity contribution in [2.75, 3.05) is 13.2 Å². The van der Waals surface area contributed by atoms with Gasteiger partial charge in [-0.25, -0.2) is 4.79 Å². The summed E-state index contributed by atoms with van der Waals surface area (Å²) in [7, 11) is 0. The van der Waals surface area contributed by atoms with Gasteiger partial charge in [0.25, 0.3) is 0 Å². The molecular weight excluding hydrogens is 364 g/mol. The van der Waals surface area contributed by atoms with Gasteiger partial charge in [0.1, 0.15) is 11.3 Å². The van der Waals surface area contributed by atoms with Crippen LogP contribution in [0.5, 0.6) is 5.75 Å². The van der Waals surface area contributed by atoms with Gasteiger partial charge in [0.15, 0.2) is 0 Å². The molecule has 3 rings (SSSR count). The molecule has 4 heteroatoms. The van der Waals surface area contributed by atoms with Crippen LogP contribution < -0.4 is 10.4 Å². The maximum Gasteiger partial charge on any atom is 0.339 e. The van der Waals surface area contributed by atoms with E-state index in [2.05, 4.69) is 19.1 Å². The summed E-state index contributed by atoms with van der Waals surface area (Å²) in [5.74, 6) is 0.613. The van der Waals surface area contributed by atoms with E-state index in [1.54, 1.807) is 6.07 Å². The first kappa shape index (κ1) is 21.1. The Balaban J connectivity index is 1.24. The van der Waals surface area contributed by atoms with Crippen LogP contribution in [0.15, 0.2) is 69.9 Å². The lowest BCUT2D eigenvalue weighted by Crippen LogP contribution is -2.03. The van der Waals surface area contributed by atoms with Crippen LogP contribution in [0.3, 0.4) is 0 Å². The zero-order valence-electron chi connectivity index (χ0n) is 17.1. The summed E-state index contributed by atoms with van der Waals surface area (Å²) in [6.07, 6.45) is 6.95. The molecule has 3 aromatic rings. The first-order valence-electron chi connectivity index (χ1n) is 10.6. The van der Waals surface area contributed by atoms with Crippen molar-refractivity contribution in [3.8, 4) is 5.75 Å². The molecule has 29 heavy (non-hydrogen) atoms. The normalized spacial score (nSPS) is 12.2. The molecule has 0 spiro atoms. The molecule has 0 aliphatic rings. The highest BCUT2D eigenvalue weighted by molar-refractivity contribution is 5.82. The molecule has 1 atom stereocenters. The third-order valence-corrected chi connectivity index (χ3v) is 5.05. The fraction of sp³-hybridized carbons (Fsp3) is 0.400. The summed E-state index contributed by atoms with van der Waals surface area (Å²) in [5.41, 5.74) is 1.43. The van der Waals surface area contributed by atoms with Crippen molar-refractivity contribution in [2.24, 2.45) is 0 Å². The van der Waals surface area contributed by atoms with E-state index in [1.165, 1.54) is 30.9 Å².